The van der Waals surface area contributed by atoms with Crippen LogP contribution in [-0.4, -0.2) is 54.4 Å². The molecular weight excluding hydrogens is 388 g/mol. The second-order valence-electron chi connectivity index (χ2n) is 6.45. The predicted molar refractivity (Wildman–Crippen MR) is 103 cm³/mol. The lowest BCUT2D eigenvalue weighted by Gasteiger charge is -2.29. The summed E-state index contributed by atoms with van der Waals surface area (Å²) in [7, 11) is -3.21. The van der Waals surface area contributed by atoms with Crippen LogP contribution in [0.5, 0.6) is 0 Å². The molecule has 0 bridgehead atoms. The first-order valence-corrected chi connectivity index (χ1v) is 11.6. The molecule has 1 saturated heterocycles. The van der Waals surface area contributed by atoms with Crippen LogP contribution in [0.15, 0.2) is 33.6 Å². The van der Waals surface area contributed by atoms with Gasteiger partial charge in [-0.25, -0.2) is 12.7 Å². The van der Waals surface area contributed by atoms with Crippen molar-refractivity contribution >= 4 is 33.7 Å². The van der Waals surface area contributed by atoms with E-state index >= 15 is 0 Å². The van der Waals surface area contributed by atoms with E-state index < -0.39 is 10.0 Å². The second kappa shape index (κ2) is 8.41. The van der Waals surface area contributed by atoms with Gasteiger partial charge in [-0.15, -0.1) is 16.9 Å². The van der Waals surface area contributed by atoms with Crippen LogP contribution in [0.3, 0.4) is 0 Å². The highest BCUT2D eigenvalue weighted by Gasteiger charge is 2.29. The lowest BCUT2D eigenvalue weighted by atomic mass is 9.97. The molecule has 0 saturated carbocycles. The lowest BCUT2D eigenvalue weighted by Crippen LogP contribution is -2.40. The first-order valence-electron chi connectivity index (χ1n) is 8.56. The number of anilines is 1. The number of hydrogen-bond acceptors (Lipinski definition) is 7. The van der Waals surface area contributed by atoms with Crippen molar-refractivity contribution in [3.8, 4) is 0 Å². The summed E-state index contributed by atoms with van der Waals surface area (Å²) in [6.45, 7) is 0.691. The Morgan fingerprint density at radius 2 is 1.93 bits per heavy atom. The number of rotatable bonds is 6. The number of carbonyl (C=O) groups excluding carboxylic acids is 1. The van der Waals surface area contributed by atoms with Crippen molar-refractivity contribution in [1.82, 2.24) is 14.5 Å². The molecule has 146 valence electrons. The van der Waals surface area contributed by atoms with E-state index in [2.05, 4.69) is 15.5 Å². The quantitative estimate of drug-likeness (QED) is 0.726. The van der Waals surface area contributed by atoms with Gasteiger partial charge >= 0.3 is 6.01 Å². The molecule has 1 aliphatic heterocycles. The Kier molecular flexibility index (Phi) is 6.18. The molecule has 0 atom stereocenters. The molecule has 0 unspecified atom stereocenters. The van der Waals surface area contributed by atoms with Crippen molar-refractivity contribution in [3.05, 3.63) is 35.7 Å². The van der Waals surface area contributed by atoms with Gasteiger partial charge in [-0.1, -0.05) is 17.2 Å². The van der Waals surface area contributed by atoms with Crippen LogP contribution in [0, 0.1) is 5.92 Å². The Labute approximate surface area is 162 Å². The third-order valence-electron chi connectivity index (χ3n) is 4.51. The predicted octanol–water partition coefficient (Wildman–Crippen LogP) is 1.99. The van der Waals surface area contributed by atoms with Crippen molar-refractivity contribution in [2.24, 2.45) is 5.92 Å². The number of nitrogens with one attached hydrogen (secondary N) is 1. The minimum absolute atomic E-state index is 0.0706. The van der Waals surface area contributed by atoms with Crippen LogP contribution in [0.25, 0.3) is 0 Å². The van der Waals surface area contributed by atoms with E-state index in [0.29, 0.717) is 38.2 Å². The first-order chi connectivity index (χ1) is 12.8. The minimum Gasteiger partial charge on any atom is -0.407 e. The number of piperidine rings is 1. The summed E-state index contributed by atoms with van der Waals surface area (Å²) in [6, 6.07) is 8.14. The topological polar surface area (TPSA) is 105 Å². The van der Waals surface area contributed by atoms with E-state index in [4.69, 9.17) is 4.42 Å². The molecular formula is C17H22N4O4S2. The van der Waals surface area contributed by atoms with Crippen molar-refractivity contribution < 1.29 is 17.6 Å². The molecule has 2 aromatic rings. The van der Waals surface area contributed by atoms with Gasteiger partial charge in [-0.3, -0.25) is 10.1 Å². The van der Waals surface area contributed by atoms with E-state index in [1.165, 1.54) is 15.5 Å². The number of carbonyl (C=O) groups is 1. The maximum absolute atomic E-state index is 12.4. The number of aromatic nitrogens is 2. The third kappa shape index (κ3) is 5.30. The Balaban J connectivity index is 1.53. The van der Waals surface area contributed by atoms with Crippen LogP contribution in [0.1, 0.15) is 24.3 Å². The van der Waals surface area contributed by atoms with Crippen LogP contribution in [0.2, 0.25) is 0 Å². The van der Waals surface area contributed by atoms with E-state index in [0.717, 1.165) is 5.56 Å². The normalized spacial score (nSPS) is 16.4. The van der Waals surface area contributed by atoms with Crippen LogP contribution in [0.4, 0.5) is 6.01 Å². The largest absolute Gasteiger partial charge is 0.407 e. The molecule has 1 aromatic heterocycles. The molecule has 1 N–H and O–H groups in total. The Morgan fingerprint density at radius 3 is 2.52 bits per heavy atom. The summed E-state index contributed by atoms with van der Waals surface area (Å²) >= 11 is 1.67. The molecule has 1 amide bonds. The monoisotopic (exact) mass is 410 g/mol. The van der Waals surface area contributed by atoms with Gasteiger partial charge in [-0.2, -0.15) is 0 Å². The number of thioether (sulfide) groups is 1. The molecule has 10 heteroatoms. The summed E-state index contributed by atoms with van der Waals surface area (Å²) in [6.07, 6.45) is 4.64. The van der Waals surface area contributed by atoms with Gasteiger partial charge in [0.2, 0.25) is 21.8 Å². The highest BCUT2D eigenvalue weighted by atomic mass is 32.2. The van der Waals surface area contributed by atoms with E-state index in [9.17, 15) is 13.2 Å². The summed E-state index contributed by atoms with van der Waals surface area (Å²) in [5.74, 6) is -0.0609. The second-order valence-corrected chi connectivity index (χ2v) is 9.31. The standard InChI is InChI=1S/C17H22N4O4S2/c1-26-14-5-3-12(4-6-14)11-15-19-20-17(25-15)18-16(22)13-7-9-21(10-8-13)27(2,23)24/h3-6,13H,7-11H2,1-2H3,(H,18,20,22). The molecule has 1 aromatic carbocycles. The molecule has 8 nitrogen and oxygen atoms in total. The fraction of sp³-hybridized carbons (Fsp3) is 0.471. The molecule has 0 radical (unpaired) electrons. The van der Waals surface area contributed by atoms with Crippen molar-refractivity contribution in [1.29, 1.82) is 0 Å². The number of hydrogen-bond donors (Lipinski definition) is 1. The molecule has 1 fully saturated rings. The highest BCUT2D eigenvalue weighted by molar-refractivity contribution is 7.98. The summed E-state index contributed by atoms with van der Waals surface area (Å²) in [4.78, 5) is 13.5. The summed E-state index contributed by atoms with van der Waals surface area (Å²) in [5.41, 5.74) is 1.04. The fourth-order valence-corrected chi connectivity index (χ4v) is 4.23. The van der Waals surface area contributed by atoms with Gasteiger partial charge in [0.1, 0.15) is 0 Å². The Bertz CT molecular complexity index is 888. The zero-order chi connectivity index (χ0) is 19.4. The SMILES string of the molecule is CSc1ccc(Cc2nnc(NC(=O)C3CCN(S(C)(=O)=O)CC3)o2)cc1. The number of benzene rings is 1. The maximum Gasteiger partial charge on any atom is 0.322 e. The Hall–Kier alpha value is -1.91. The zero-order valence-corrected chi connectivity index (χ0v) is 16.8. The number of amides is 1. The van der Waals surface area contributed by atoms with Gasteiger partial charge in [0.25, 0.3) is 0 Å². The molecule has 27 heavy (non-hydrogen) atoms. The van der Waals surface area contributed by atoms with Crippen LogP contribution >= 0.6 is 11.8 Å². The maximum atomic E-state index is 12.4. The molecule has 2 heterocycles. The third-order valence-corrected chi connectivity index (χ3v) is 6.55. The van der Waals surface area contributed by atoms with Gasteiger partial charge in [0.15, 0.2) is 0 Å². The van der Waals surface area contributed by atoms with E-state index in [1.54, 1.807) is 11.8 Å². The fourth-order valence-electron chi connectivity index (χ4n) is 2.95. The number of nitrogens with zero attached hydrogens (tertiary/aromatic N) is 3. The van der Waals surface area contributed by atoms with Gasteiger partial charge in [0, 0.05) is 23.9 Å². The minimum atomic E-state index is -3.21. The lowest BCUT2D eigenvalue weighted by molar-refractivity contribution is -0.121. The van der Waals surface area contributed by atoms with Gasteiger partial charge < -0.3 is 4.42 Å². The van der Waals surface area contributed by atoms with Gasteiger partial charge in [0.05, 0.1) is 12.7 Å². The molecule has 1 aliphatic rings. The van der Waals surface area contributed by atoms with Crippen molar-refractivity contribution in [2.75, 3.05) is 30.9 Å². The van der Waals surface area contributed by atoms with Crippen LogP contribution in [-0.2, 0) is 21.2 Å². The smallest absolute Gasteiger partial charge is 0.322 e. The van der Waals surface area contributed by atoms with Crippen LogP contribution < -0.4 is 5.32 Å². The van der Waals surface area contributed by atoms with E-state index in [1.807, 2.05) is 30.5 Å². The van der Waals surface area contributed by atoms with E-state index in [-0.39, 0.29) is 17.8 Å². The Morgan fingerprint density at radius 1 is 1.26 bits per heavy atom. The molecule has 3 rings (SSSR count). The van der Waals surface area contributed by atoms with Gasteiger partial charge in [-0.05, 0) is 36.8 Å². The number of sulfonamides is 1. The summed E-state index contributed by atoms with van der Waals surface area (Å²) in [5, 5.41) is 10.5. The molecule has 0 aliphatic carbocycles. The summed E-state index contributed by atoms with van der Waals surface area (Å²) < 4.78 is 30.0. The van der Waals surface area contributed by atoms with Crippen molar-refractivity contribution in [3.63, 3.8) is 0 Å². The zero-order valence-electron chi connectivity index (χ0n) is 15.2. The first kappa shape index (κ1) is 19.8. The average Bonchev–Trinajstić information content (AvgIpc) is 3.08. The molecule has 0 spiro atoms. The average molecular weight is 411 g/mol. The highest BCUT2D eigenvalue weighted by Crippen LogP contribution is 2.21. The van der Waals surface area contributed by atoms with Crippen molar-refractivity contribution in [2.45, 2.75) is 24.2 Å².